The van der Waals surface area contributed by atoms with Crippen LogP contribution in [0.3, 0.4) is 0 Å². The fourth-order valence-electron chi connectivity index (χ4n) is 8.39. The molecule has 3 saturated carbocycles. The van der Waals surface area contributed by atoms with Crippen LogP contribution in [0.4, 0.5) is 4.79 Å². The third-order valence-electron chi connectivity index (χ3n) is 11.4. The van der Waals surface area contributed by atoms with Gasteiger partial charge in [-0.1, -0.05) is 96.6 Å². The summed E-state index contributed by atoms with van der Waals surface area (Å²) in [5.41, 5.74) is 0.102. The number of amides is 5. The summed E-state index contributed by atoms with van der Waals surface area (Å²) in [4.78, 5) is 70.8. The molecule has 1 aromatic carbocycles. The van der Waals surface area contributed by atoms with E-state index in [0.717, 1.165) is 76.2 Å². The predicted molar refractivity (Wildman–Crippen MR) is 197 cm³/mol. The van der Waals surface area contributed by atoms with Crippen molar-refractivity contribution in [3.63, 3.8) is 0 Å². The Labute approximate surface area is 308 Å². The van der Waals surface area contributed by atoms with E-state index in [1.165, 1.54) is 0 Å². The van der Waals surface area contributed by atoms with Gasteiger partial charge >= 0.3 is 6.09 Å². The second-order valence-corrected chi connectivity index (χ2v) is 16.6. The van der Waals surface area contributed by atoms with Crippen LogP contribution in [-0.2, 0) is 30.5 Å². The predicted octanol–water partition coefficient (Wildman–Crippen LogP) is 4.48. The summed E-state index contributed by atoms with van der Waals surface area (Å²) < 4.78 is 5.51. The van der Waals surface area contributed by atoms with Crippen LogP contribution in [-0.4, -0.2) is 82.1 Å². The molecule has 1 aromatic rings. The molecule has 3 aliphatic carbocycles. The highest BCUT2D eigenvalue weighted by Crippen LogP contribution is 2.41. The highest BCUT2D eigenvalue weighted by Gasteiger charge is 2.51. The molecule has 5 amide bonds. The summed E-state index contributed by atoms with van der Waals surface area (Å²) in [6, 6.07) is 5.78. The number of aliphatic hydroxyl groups excluding tert-OH is 1. The van der Waals surface area contributed by atoms with Crippen LogP contribution in [0.25, 0.3) is 0 Å². The van der Waals surface area contributed by atoms with E-state index in [4.69, 9.17) is 4.74 Å². The monoisotopic (exact) mass is 723 g/mol. The van der Waals surface area contributed by atoms with Crippen molar-refractivity contribution in [2.24, 2.45) is 17.3 Å². The van der Waals surface area contributed by atoms with Gasteiger partial charge in [-0.2, -0.15) is 0 Å². The van der Waals surface area contributed by atoms with Gasteiger partial charge in [-0.15, -0.1) is 0 Å². The maximum Gasteiger partial charge on any atom is 0.408 e. The van der Waals surface area contributed by atoms with Gasteiger partial charge in [0.1, 0.15) is 24.7 Å². The van der Waals surface area contributed by atoms with Crippen molar-refractivity contribution < 1.29 is 33.8 Å². The first-order chi connectivity index (χ1) is 24.9. The molecule has 7 atom stereocenters. The topological polar surface area (TPSA) is 166 Å². The Bertz CT molecular complexity index is 1390. The largest absolute Gasteiger partial charge is 0.445 e. The minimum absolute atomic E-state index is 0.0665. The lowest BCUT2D eigenvalue weighted by Crippen LogP contribution is -2.63. The van der Waals surface area contributed by atoms with Gasteiger partial charge in [0.15, 0.2) is 6.10 Å². The van der Waals surface area contributed by atoms with Crippen molar-refractivity contribution in [2.75, 3.05) is 0 Å². The Balaban J connectivity index is 1.34. The van der Waals surface area contributed by atoms with E-state index in [1.54, 1.807) is 4.90 Å². The van der Waals surface area contributed by atoms with Crippen LogP contribution in [0, 0.1) is 17.3 Å². The second-order valence-electron chi connectivity index (χ2n) is 16.6. The summed E-state index contributed by atoms with van der Waals surface area (Å²) in [6.07, 6.45) is 9.31. The van der Waals surface area contributed by atoms with E-state index in [9.17, 15) is 29.1 Å². The quantitative estimate of drug-likeness (QED) is 0.189. The first-order valence-corrected chi connectivity index (χ1v) is 19.8. The highest BCUT2D eigenvalue weighted by atomic mass is 16.5. The Morgan fingerprint density at radius 1 is 0.865 bits per heavy atom. The summed E-state index contributed by atoms with van der Waals surface area (Å²) in [7, 11) is 0. The summed E-state index contributed by atoms with van der Waals surface area (Å²) in [6.45, 7) is 7.67. The standard InChI is InChI=1S/C40H61N5O7/c1-5-14-29(33(46)37(49)41-28-21-22-28)42-35(47)31-23-27-19-12-13-20-30(27)45(31)38(50)34(40(2,3)4)44-36(48)32(26-17-10-7-11-18-26)43-39(51)52-24-25-15-8-6-9-16-25/h6,8-9,15-16,26-34,46H,5,7,10-14,17-24H2,1-4H3,(H,41,49)(H,42,47)(H,43,51)(H,44,48)/t27-,29-,30-,31?,32-,33?,34?/m0/s1. The van der Waals surface area contributed by atoms with Gasteiger partial charge in [0.2, 0.25) is 17.7 Å². The van der Waals surface area contributed by atoms with Crippen molar-refractivity contribution in [3.8, 4) is 0 Å². The molecule has 12 heteroatoms. The molecule has 288 valence electrons. The normalized spacial score (nSPS) is 24.4. The van der Waals surface area contributed by atoms with E-state index in [-0.39, 0.29) is 42.3 Å². The number of hydrogen-bond donors (Lipinski definition) is 5. The number of hydrogen-bond acceptors (Lipinski definition) is 7. The lowest BCUT2D eigenvalue weighted by molar-refractivity contribution is -0.147. The van der Waals surface area contributed by atoms with Gasteiger partial charge in [-0.25, -0.2) is 4.79 Å². The SMILES string of the molecule is CCC[C@H](NC(=O)C1C[C@@H]2CCCC[C@@H]2N1C(=O)C(NC(=O)[C@@H](NC(=O)OCc1ccccc1)C1CCCCC1)C(C)(C)C)C(O)C(=O)NC1CC1. The summed E-state index contributed by atoms with van der Waals surface area (Å²) in [5, 5.41) is 22.7. The maximum absolute atomic E-state index is 14.9. The van der Waals surface area contributed by atoms with Crippen LogP contribution >= 0.6 is 0 Å². The van der Waals surface area contributed by atoms with Crippen LogP contribution in [0.1, 0.15) is 123 Å². The number of aliphatic hydroxyl groups is 1. The number of benzene rings is 1. The van der Waals surface area contributed by atoms with Gasteiger partial charge in [0.05, 0.1) is 6.04 Å². The first-order valence-electron chi connectivity index (χ1n) is 19.8. The zero-order valence-electron chi connectivity index (χ0n) is 31.5. The zero-order chi connectivity index (χ0) is 37.4. The Morgan fingerprint density at radius 2 is 1.54 bits per heavy atom. The molecule has 0 radical (unpaired) electrons. The fraction of sp³-hybridized carbons (Fsp3) is 0.725. The molecule has 0 aromatic heterocycles. The molecule has 52 heavy (non-hydrogen) atoms. The van der Waals surface area contributed by atoms with E-state index >= 15 is 0 Å². The van der Waals surface area contributed by atoms with E-state index in [0.29, 0.717) is 19.3 Å². The number of fused-ring (bicyclic) bond motifs is 1. The van der Waals surface area contributed by atoms with Gasteiger partial charge < -0.3 is 36.0 Å². The number of ether oxygens (including phenoxy) is 1. The average Bonchev–Trinajstić information content (AvgIpc) is 3.86. The van der Waals surface area contributed by atoms with E-state index in [2.05, 4.69) is 21.3 Å². The van der Waals surface area contributed by atoms with Gasteiger partial charge in [0.25, 0.3) is 5.91 Å². The number of nitrogens with one attached hydrogen (secondary N) is 4. The van der Waals surface area contributed by atoms with E-state index < -0.39 is 53.6 Å². The molecule has 4 fully saturated rings. The molecule has 1 saturated heterocycles. The number of rotatable bonds is 14. The first kappa shape index (κ1) is 39.5. The Hall–Kier alpha value is -3.67. The van der Waals surface area contributed by atoms with E-state index in [1.807, 2.05) is 58.0 Å². The smallest absolute Gasteiger partial charge is 0.408 e. The van der Waals surface area contributed by atoms with Crippen molar-refractivity contribution in [3.05, 3.63) is 35.9 Å². The summed E-state index contributed by atoms with van der Waals surface area (Å²) >= 11 is 0. The van der Waals surface area contributed by atoms with Gasteiger partial charge in [-0.05, 0) is 74.2 Å². The number of alkyl carbamates (subject to hydrolysis) is 1. The van der Waals surface area contributed by atoms with Crippen molar-refractivity contribution in [2.45, 2.75) is 167 Å². The third kappa shape index (κ3) is 10.3. The molecule has 0 bridgehead atoms. The van der Waals surface area contributed by atoms with Crippen molar-refractivity contribution in [1.82, 2.24) is 26.2 Å². The molecule has 5 N–H and O–H groups in total. The van der Waals surface area contributed by atoms with Crippen molar-refractivity contribution >= 4 is 29.7 Å². The number of nitrogens with zero attached hydrogens (tertiary/aromatic N) is 1. The Kier molecular flexibility index (Phi) is 13.6. The van der Waals surface area contributed by atoms with Crippen LogP contribution < -0.4 is 21.3 Å². The second kappa shape index (κ2) is 17.9. The molecule has 12 nitrogen and oxygen atoms in total. The zero-order valence-corrected chi connectivity index (χ0v) is 31.5. The van der Waals surface area contributed by atoms with Crippen molar-refractivity contribution in [1.29, 1.82) is 0 Å². The number of likely N-dealkylation sites (tertiary alicyclic amines) is 1. The molecule has 0 spiro atoms. The molecular formula is C40H61N5O7. The highest BCUT2D eigenvalue weighted by molar-refractivity contribution is 5.95. The van der Waals surface area contributed by atoms with Crippen LogP contribution in [0.2, 0.25) is 0 Å². The molecular weight excluding hydrogens is 662 g/mol. The Morgan fingerprint density at radius 3 is 2.19 bits per heavy atom. The maximum atomic E-state index is 14.9. The van der Waals surface area contributed by atoms with Gasteiger partial charge in [-0.3, -0.25) is 19.2 Å². The molecule has 1 heterocycles. The fourth-order valence-corrected chi connectivity index (χ4v) is 8.39. The third-order valence-corrected chi connectivity index (χ3v) is 11.4. The molecule has 3 unspecified atom stereocenters. The van der Waals surface area contributed by atoms with Crippen LogP contribution in [0.5, 0.6) is 0 Å². The van der Waals surface area contributed by atoms with Gasteiger partial charge in [0, 0.05) is 12.1 Å². The minimum atomic E-state index is -1.40. The lowest BCUT2D eigenvalue weighted by atomic mass is 9.81. The molecule has 4 aliphatic rings. The summed E-state index contributed by atoms with van der Waals surface area (Å²) in [5.74, 6) is -1.63. The molecule has 1 aliphatic heterocycles. The minimum Gasteiger partial charge on any atom is -0.445 e. The number of carbonyl (C=O) groups excluding carboxylic acids is 5. The lowest BCUT2D eigenvalue weighted by Gasteiger charge is -2.40. The average molecular weight is 724 g/mol. The number of carbonyl (C=O) groups is 5. The van der Waals surface area contributed by atoms with Crippen LogP contribution in [0.15, 0.2) is 30.3 Å². The molecule has 5 rings (SSSR count).